The Morgan fingerprint density at radius 2 is 1.96 bits per heavy atom. The van der Waals surface area contributed by atoms with Gasteiger partial charge in [-0.2, -0.15) is 5.26 Å². The van der Waals surface area contributed by atoms with Gasteiger partial charge in [-0.05, 0) is 48.8 Å². The molecule has 0 aromatic heterocycles. The summed E-state index contributed by atoms with van der Waals surface area (Å²) in [5.41, 5.74) is -0.282. The van der Waals surface area contributed by atoms with Crippen LogP contribution >= 0.6 is 15.9 Å². The molecule has 1 fully saturated rings. The Kier molecular flexibility index (Phi) is 5.20. The minimum Gasteiger partial charge on any atom is -0.444 e. The quantitative estimate of drug-likeness (QED) is 0.837. The first kappa shape index (κ1) is 17.6. The van der Waals surface area contributed by atoms with Crippen molar-refractivity contribution >= 4 is 27.7 Å². The van der Waals surface area contributed by atoms with Crippen molar-refractivity contribution in [2.75, 3.05) is 18.4 Å². The Bertz CT molecular complexity index is 611. The SMILES string of the molecule is CC(C)(C)OC(=O)N1CCC(C#N)(Nc2ccccc2Br)CC1. The van der Waals surface area contributed by atoms with Crippen LogP contribution in [-0.2, 0) is 4.74 Å². The lowest BCUT2D eigenvalue weighted by atomic mass is 9.88. The van der Waals surface area contributed by atoms with Crippen LogP contribution in [0.2, 0.25) is 0 Å². The molecule has 0 atom stereocenters. The fourth-order valence-corrected chi connectivity index (χ4v) is 2.87. The van der Waals surface area contributed by atoms with Gasteiger partial charge in [-0.25, -0.2) is 4.79 Å². The Hall–Kier alpha value is -1.74. The molecule has 1 amide bonds. The van der Waals surface area contributed by atoms with E-state index in [0.29, 0.717) is 25.9 Å². The lowest BCUT2D eigenvalue weighted by Gasteiger charge is -2.38. The molecule has 2 rings (SSSR count). The van der Waals surface area contributed by atoms with Gasteiger partial charge in [-0.1, -0.05) is 12.1 Å². The van der Waals surface area contributed by atoms with E-state index in [-0.39, 0.29) is 6.09 Å². The molecule has 1 aliphatic heterocycles. The van der Waals surface area contributed by atoms with Crippen LogP contribution in [0.25, 0.3) is 0 Å². The lowest BCUT2D eigenvalue weighted by molar-refractivity contribution is 0.0195. The van der Waals surface area contributed by atoms with Crippen molar-refractivity contribution in [1.82, 2.24) is 4.90 Å². The number of hydrogen-bond donors (Lipinski definition) is 1. The summed E-state index contributed by atoms with van der Waals surface area (Å²) in [5.74, 6) is 0. The molecule has 6 heteroatoms. The first-order valence-electron chi connectivity index (χ1n) is 7.67. The van der Waals surface area contributed by atoms with E-state index < -0.39 is 11.1 Å². The minimum absolute atomic E-state index is 0.315. The van der Waals surface area contributed by atoms with Gasteiger partial charge in [0, 0.05) is 36.1 Å². The maximum atomic E-state index is 12.1. The molecule has 0 radical (unpaired) electrons. The number of hydrogen-bond acceptors (Lipinski definition) is 4. The fraction of sp³-hybridized carbons (Fsp3) is 0.529. The summed E-state index contributed by atoms with van der Waals surface area (Å²) in [4.78, 5) is 13.8. The summed E-state index contributed by atoms with van der Waals surface area (Å²) in [6.45, 7) is 6.55. The molecular weight excluding hydrogens is 358 g/mol. The number of nitriles is 1. The monoisotopic (exact) mass is 379 g/mol. The van der Waals surface area contributed by atoms with Gasteiger partial charge in [0.25, 0.3) is 0 Å². The van der Waals surface area contributed by atoms with Gasteiger partial charge in [-0.15, -0.1) is 0 Å². The standard InChI is InChI=1S/C17H22BrN3O2/c1-16(2,3)23-15(22)21-10-8-17(12-19,9-11-21)20-14-7-5-4-6-13(14)18/h4-7,20H,8-11H2,1-3H3. The molecule has 1 saturated heterocycles. The van der Waals surface area contributed by atoms with Gasteiger partial charge >= 0.3 is 6.09 Å². The Labute approximate surface area is 145 Å². The van der Waals surface area contributed by atoms with Crippen molar-refractivity contribution in [1.29, 1.82) is 5.26 Å². The number of nitrogens with zero attached hydrogens (tertiary/aromatic N) is 2. The van der Waals surface area contributed by atoms with E-state index in [1.807, 2.05) is 45.0 Å². The highest BCUT2D eigenvalue weighted by molar-refractivity contribution is 9.10. The van der Waals surface area contributed by atoms with Crippen LogP contribution < -0.4 is 5.32 Å². The Morgan fingerprint density at radius 3 is 2.48 bits per heavy atom. The second-order valence-electron chi connectivity index (χ2n) is 6.77. The van der Waals surface area contributed by atoms with Crippen molar-refractivity contribution in [3.63, 3.8) is 0 Å². The largest absolute Gasteiger partial charge is 0.444 e. The predicted octanol–water partition coefficient (Wildman–Crippen LogP) is 4.15. The number of piperidine rings is 1. The van der Waals surface area contributed by atoms with Crippen LogP contribution in [0.3, 0.4) is 0 Å². The van der Waals surface area contributed by atoms with Gasteiger partial charge in [0.05, 0.1) is 6.07 Å². The highest BCUT2D eigenvalue weighted by Crippen LogP contribution is 2.31. The summed E-state index contributed by atoms with van der Waals surface area (Å²) < 4.78 is 6.31. The van der Waals surface area contributed by atoms with Crippen molar-refractivity contribution in [3.05, 3.63) is 28.7 Å². The second-order valence-corrected chi connectivity index (χ2v) is 7.62. The number of rotatable bonds is 2. The number of likely N-dealkylation sites (tertiary alicyclic amines) is 1. The van der Waals surface area contributed by atoms with Crippen LogP contribution in [0.4, 0.5) is 10.5 Å². The zero-order chi connectivity index (χ0) is 17.1. The summed E-state index contributed by atoms with van der Waals surface area (Å²) in [5, 5.41) is 13.0. The Balaban J connectivity index is 2.02. The van der Waals surface area contributed by atoms with Gasteiger partial charge in [0.15, 0.2) is 0 Å². The number of nitrogens with one attached hydrogen (secondary N) is 1. The molecule has 1 heterocycles. The van der Waals surface area contributed by atoms with E-state index in [1.54, 1.807) is 4.90 Å². The highest BCUT2D eigenvalue weighted by Gasteiger charge is 2.37. The molecule has 124 valence electrons. The van der Waals surface area contributed by atoms with Gasteiger partial charge < -0.3 is 15.0 Å². The highest BCUT2D eigenvalue weighted by atomic mass is 79.9. The molecule has 1 aromatic rings. The summed E-state index contributed by atoms with van der Waals surface area (Å²) in [7, 11) is 0. The van der Waals surface area contributed by atoms with Crippen LogP contribution in [0.1, 0.15) is 33.6 Å². The molecule has 0 spiro atoms. The van der Waals surface area contributed by atoms with Crippen molar-refractivity contribution in [3.8, 4) is 6.07 Å². The van der Waals surface area contributed by atoms with Gasteiger partial charge in [-0.3, -0.25) is 0 Å². The zero-order valence-corrected chi connectivity index (χ0v) is 15.3. The number of carbonyl (C=O) groups is 1. The van der Waals surface area contributed by atoms with E-state index in [9.17, 15) is 10.1 Å². The summed E-state index contributed by atoms with van der Waals surface area (Å²) in [6.07, 6.45) is 0.804. The number of anilines is 1. The Morgan fingerprint density at radius 1 is 1.35 bits per heavy atom. The molecule has 0 saturated carbocycles. The minimum atomic E-state index is -0.664. The second kappa shape index (κ2) is 6.79. The van der Waals surface area contributed by atoms with E-state index in [0.717, 1.165) is 10.2 Å². The van der Waals surface area contributed by atoms with Crippen molar-refractivity contribution in [2.45, 2.75) is 44.8 Å². The number of benzene rings is 1. The number of halogens is 1. The maximum absolute atomic E-state index is 12.1. The van der Waals surface area contributed by atoms with Gasteiger partial charge in [0.1, 0.15) is 11.1 Å². The molecule has 0 bridgehead atoms. The first-order chi connectivity index (χ1) is 10.7. The van der Waals surface area contributed by atoms with E-state index in [1.165, 1.54) is 0 Å². The first-order valence-corrected chi connectivity index (χ1v) is 8.46. The number of amides is 1. The molecule has 1 aliphatic rings. The van der Waals surface area contributed by atoms with Gasteiger partial charge in [0.2, 0.25) is 0 Å². The molecule has 1 N–H and O–H groups in total. The molecule has 23 heavy (non-hydrogen) atoms. The van der Waals surface area contributed by atoms with Crippen molar-refractivity contribution in [2.24, 2.45) is 0 Å². The van der Waals surface area contributed by atoms with E-state index >= 15 is 0 Å². The fourth-order valence-electron chi connectivity index (χ4n) is 2.48. The third-order valence-corrected chi connectivity index (χ3v) is 4.42. The van der Waals surface area contributed by atoms with E-state index in [4.69, 9.17) is 4.74 Å². The van der Waals surface area contributed by atoms with E-state index in [2.05, 4.69) is 27.3 Å². The molecule has 1 aromatic carbocycles. The topological polar surface area (TPSA) is 65.4 Å². The van der Waals surface area contributed by atoms with Crippen LogP contribution in [0, 0.1) is 11.3 Å². The maximum Gasteiger partial charge on any atom is 0.410 e. The average Bonchev–Trinajstić information content (AvgIpc) is 2.48. The average molecular weight is 380 g/mol. The van der Waals surface area contributed by atoms with Crippen molar-refractivity contribution < 1.29 is 9.53 Å². The molecule has 5 nitrogen and oxygen atoms in total. The molecule has 0 unspecified atom stereocenters. The smallest absolute Gasteiger partial charge is 0.410 e. The normalized spacial score (nSPS) is 17.3. The summed E-state index contributed by atoms with van der Waals surface area (Å²) >= 11 is 3.49. The third kappa shape index (κ3) is 4.61. The molecular formula is C17H22BrN3O2. The zero-order valence-electron chi connectivity index (χ0n) is 13.7. The van der Waals surface area contributed by atoms with Crippen LogP contribution in [0.5, 0.6) is 0 Å². The molecule has 0 aliphatic carbocycles. The number of para-hydroxylation sites is 1. The van der Waals surface area contributed by atoms with Crippen LogP contribution in [-0.4, -0.2) is 35.2 Å². The lowest BCUT2D eigenvalue weighted by Crippen LogP contribution is -2.51. The van der Waals surface area contributed by atoms with Crippen LogP contribution in [0.15, 0.2) is 28.7 Å². The number of carbonyl (C=O) groups excluding carboxylic acids is 1. The third-order valence-electron chi connectivity index (χ3n) is 3.73. The summed E-state index contributed by atoms with van der Waals surface area (Å²) in [6, 6.07) is 10.1. The number of ether oxygens (including phenoxy) is 1. The predicted molar refractivity (Wildman–Crippen MR) is 93.1 cm³/mol.